The number of rotatable bonds is 5. The third-order valence-electron chi connectivity index (χ3n) is 2.39. The highest BCUT2D eigenvalue weighted by atomic mass is 32.2. The second-order valence-electron chi connectivity index (χ2n) is 4.12. The van der Waals surface area contributed by atoms with Crippen LogP contribution >= 0.6 is 0 Å². The molecule has 0 atom stereocenters. The summed E-state index contributed by atoms with van der Waals surface area (Å²) in [5, 5.41) is 0. The molecule has 0 unspecified atom stereocenters. The molecule has 1 rings (SSSR count). The highest BCUT2D eigenvalue weighted by molar-refractivity contribution is 7.85. The van der Waals surface area contributed by atoms with Gasteiger partial charge in [-0.25, -0.2) is 8.78 Å². The predicted octanol–water partition coefficient (Wildman–Crippen LogP) is 1.08. The first-order chi connectivity index (χ1) is 7.29. The van der Waals surface area contributed by atoms with Crippen LogP contribution in [0.4, 0.5) is 8.78 Å². The van der Waals surface area contributed by atoms with Crippen molar-refractivity contribution in [3.63, 3.8) is 0 Å². The topological polar surface area (TPSA) is 46.6 Å². The molecule has 0 aromatic heterocycles. The van der Waals surface area contributed by atoms with Crippen LogP contribution in [-0.2, 0) is 14.3 Å². The fourth-order valence-corrected chi connectivity index (χ4v) is 2.16. The zero-order valence-corrected chi connectivity index (χ0v) is 10.1. The predicted molar refractivity (Wildman–Crippen MR) is 56.0 cm³/mol. The van der Waals surface area contributed by atoms with Crippen LogP contribution in [0, 0.1) is 0 Å². The van der Waals surface area contributed by atoms with E-state index >= 15 is 0 Å². The Morgan fingerprint density at radius 2 is 2.12 bits per heavy atom. The third-order valence-corrected chi connectivity index (χ3v) is 2.98. The Morgan fingerprint density at radius 3 is 2.69 bits per heavy atom. The number of halogens is 2. The molecule has 1 fully saturated rings. The number of piperidine rings is 1. The molecule has 1 saturated heterocycles. The van der Waals surface area contributed by atoms with Gasteiger partial charge in [-0.05, 0) is 19.4 Å². The van der Waals surface area contributed by atoms with Crippen molar-refractivity contribution in [1.82, 2.24) is 4.90 Å². The largest absolute Gasteiger partial charge is 0.297 e. The SMILES string of the molecule is CS(=O)(=O)OCCCN1CCCC(F)(F)C1. The van der Waals surface area contributed by atoms with Crippen molar-refractivity contribution in [1.29, 1.82) is 0 Å². The molecule has 0 aromatic rings. The first kappa shape index (κ1) is 13.8. The van der Waals surface area contributed by atoms with Gasteiger partial charge in [0.1, 0.15) is 0 Å². The van der Waals surface area contributed by atoms with Crippen molar-refractivity contribution < 1.29 is 21.4 Å². The van der Waals surface area contributed by atoms with Crippen LogP contribution < -0.4 is 0 Å². The van der Waals surface area contributed by atoms with Crippen LogP contribution in [0.1, 0.15) is 19.3 Å². The average Bonchev–Trinajstić information content (AvgIpc) is 2.09. The van der Waals surface area contributed by atoms with Gasteiger partial charge in [0.2, 0.25) is 0 Å². The van der Waals surface area contributed by atoms with E-state index in [1.54, 1.807) is 4.90 Å². The second kappa shape index (κ2) is 5.37. The molecule has 0 N–H and O–H groups in total. The maximum atomic E-state index is 13.0. The third kappa shape index (κ3) is 5.72. The molecule has 0 amide bonds. The summed E-state index contributed by atoms with van der Waals surface area (Å²) < 4.78 is 51.8. The highest BCUT2D eigenvalue weighted by Crippen LogP contribution is 2.26. The van der Waals surface area contributed by atoms with E-state index < -0.39 is 16.0 Å². The van der Waals surface area contributed by atoms with Gasteiger partial charge in [0.25, 0.3) is 16.0 Å². The summed E-state index contributed by atoms with van der Waals surface area (Å²) in [4.78, 5) is 1.65. The summed E-state index contributed by atoms with van der Waals surface area (Å²) in [5.74, 6) is -2.60. The molecule has 1 aliphatic heterocycles. The molecule has 7 heteroatoms. The van der Waals surface area contributed by atoms with Crippen LogP contribution in [0.3, 0.4) is 0 Å². The van der Waals surface area contributed by atoms with E-state index in [0.29, 0.717) is 25.9 Å². The Bertz CT molecular complexity index is 319. The van der Waals surface area contributed by atoms with Crippen LogP contribution in [0.25, 0.3) is 0 Å². The van der Waals surface area contributed by atoms with Crippen molar-refractivity contribution in [2.45, 2.75) is 25.2 Å². The Balaban J connectivity index is 2.18. The highest BCUT2D eigenvalue weighted by Gasteiger charge is 2.34. The lowest BCUT2D eigenvalue weighted by atomic mass is 10.1. The standard InChI is InChI=1S/C9H17F2NO3S/c1-16(13,14)15-7-3-6-12-5-2-4-9(10,11)8-12/h2-8H2,1H3. The number of likely N-dealkylation sites (tertiary alicyclic amines) is 1. The van der Waals surface area contributed by atoms with E-state index in [1.807, 2.05) is 0 Å². The van der Waals surface area contributed by atoms with Gasteiger partial charge in [-0.2, -0.15) is 8.42 Å². The molecule has 4 nitrogen and oxygen atoms in total. The zero-order valence-electron chi connectivity index (χ0n) is 9.29. The second-order valence-corrected chi connectivity index (χ2v) is 5.76. The van der Waals surface area contributed by atoms with Gasteiger partial charge in [-0.1, -0.05) is 0 Å². The Labute approximate surface area is 94.7 Å². The number of nitrogens with zero attached hydrogens (tertiary/aromatic N) is 1. The van der Waals surface area contributed by atoms with E-state index in [9.17, 15) is 17.2 Å². The lowest BCUT2D eigenvalue weighted by Gasteiger charge is -2.32. The van der Waals surface area contributed by atoms with Crippen molar-refractivity contribution in [3.8, 4) is 0 Å². The van der Waals surface area contributed by atoms with Crippen LogP contribution in [0.2, 0.25) is 0 Å². The molecule has 1 aliphatic rings. The molecule has 0 saturated carbocycles. The van der Waals surface area contributed by atoms with Crippen molar-refractivity contribution >= 4 is 10.1 Å². The number of hydrogen-bond acceptors (Lipinski definition) is 4. The molecule has 0 radical (unpaired) electrons. The molecule has 0 aliphatic carbocycles. The number of hydrogen-bond donors (Lipinski definition) is 0. The number of alkyl halides is 2. The molecule has 0 spiro atoms. The normalized spacial score (nSPS) is 22.2. The monoisotopic (exact) mass is 257 g/mol. The molecule has 0 aromatic carbocycles. The van der Waals surface area contributed by atoms with E-state index in [1.165, 1.54) is 0 Å². The molecule has 1 heterocycles. The van der Waals surface area contributed by atoms with E-state index in [-0.39, 0.29) is 19.6 Å². The fourth-order valence-electron chi connectivity index (χ4n) is 1.74. The average molecular weight is 257 g/mol. The summed E-state index contributed by atoms with van der Waals surface area (Å²) in [5.41, 5.74) is 0. The van der Waals surface area contributed by atoms with Crippen LogP contribution in [0.15, 0.2) is 0 Å². The molecule has 16 heavy (non-hydrogen) atoms. The van der Waals surface area contributed by atoms with Gasteiger partial charge in [-0.15, -0.1) is 0 Å². The Kier molecular flexibility index (Phi) is 4.63. The van der Waals surface area contributed by atoms with Crippen LogP contribution in [0.5, 0.6) is 0 Å². The molecule has 96 valence electrons. The molecule has 0 bridgehead atoms. The smallest absolute Gasteiger partial charge is 0.264 e. The van der Waals surface area contributed by atoms with Gasteiger partial charge in [0.05, 0.1) is 19.4 Å². The lowest BCUT2D eigenvalue weighted by molar-refractivity contribution is -0.0644. The van der Waals surface area contributed by atoms with Crippen LogP contribution in [-0.4, -0.2) is 51.7 Å². The van der Waals surface area contributed by atoms with Gasteiger partial charge < -0.3 is 0 Å². The Hall–Kier alpha value is -0.270. The fraction of sp³-hybridized carbons (Fsp3) is 1.00. The minimum absolute atomic E-state index is 0.0522. The first-order valence-corrected chi connectivity index (χ1v) is 7.05. The van der Waals surface area contributed by atoms with Gasteiger partial charge in [0, 0.05) is 13.0 Å². The maximum Gasteiger partial charge on any atom is 0.264 e. The van der Waals surface area contributed by atoms with Gasteiger partial charge in [0.15, 0.2) is 0 Å². The zero-order chi connectivity index (χ0) is 12.2. The van der Waals surface area contributed by atoms with E-state index in [0.717, 1.165) is 6.26 Å². The summed E-state index contributed by atoms with van der Waals surface area (Å²) >= 11 is 0. The summed E-state index contributed by atoms with van der Waals surface area (Å²) in [6.45, 7) is 0.923. The summed E-state index contributed by atoms with van der Waals surface area (Å²) in [7, 11) is -3.42. The van der Waals surface area contributed by atoms with Gasteiger partial charge in [-0.3, -0.25) is 9.08 Å². The van der Waals surface area contributed by atoms with Crippen molar-refractivity contribution in [3.05, 3.63) is 0 Å². The Morgan fingerprint density at radius 1 is 1.44 bits per heavy atom. The van der Waals surface area contributed by atoms with Crippen molar-refractivity contribution in [2.75, 3.05) is 32.5 Å². The minimum atomic E-state index is -3.42. The lowest BCUT2D eigenvalue weighted by Crippen LogP contribution is -2.43. The summed E-state index contributed by atoms with van der Waals surface area (Å²) in [6.07, 6.45) is 1.86. The van der Waals surface area contributed by atoms with E-state index in [2.05, 4.69) is 4.18 Å². The van der Waals surface area contributed by atoms with Crippen molar-refractivity contribution in [2.24, 2.45) is 0 Å². The first-order valence-electron chi connectivity index (χ1n) is 5.23. The quantitative estimate of drug-likeness (QED) is 0.546. The summed E-state index contributed by atoms with van der Waals surface area (Å²) in [6, 6.07) is 0. The van der Waals surface area contributed by atoms with E-state index in [4.69, 9.17) is 0 Å². The minimum Gasteiger partial charge on any atom is -0.297 e. The van der Waals surface area contributed by atoms with Gasteiger partial charge >= 0.3 is 0 Å². The maximum absolute atomic E-state index is 13.0. The molecular formula is C9H17F2NO3S. The molecular weight excluding hydrogens is 240 g/mol.